The van der Waals surface area contributed by atoms with Crippen molar-refractivity contribution >= 4 is 27.9 Å². The van der Waals surface area contributed by atoms with Crippen LogP contribution in [0.4, 0.5) is 5.69 Å². The van der Waals surface area contributed by atoms with E-state index in [-0.39, 0.29) is 11.2 Å². The van der Waals surface area contributed by atoms with Gasteiger partial charge in [0.05, 0.1) is 23.3 Å². The number of anilines is 1. The van der Waals surface area contributed by atoms with Gasteiger partial charge in [-0.25, -0.2) is 19.3 Å². The number of ether oxygens (including phenoxy) is 1. The standard InChI is InChI=1S/C18H15N5O3/c1-2-26-12-6-4-11(5-7-12)23-17(24)15-16(22-18(23)25)21-14-9-10(19)3-8-13(14)20-15/h3-9H,2,19H2,1H3,(H,21,22,25). The number of hydrogen-bond acceptors (Lipinski definition) is 6. The lowest BCUT2D eigenvalue weighted by atomic mass is 10.2. The fraction of sp³-hybridized carbons (Fsp3) is 0.111. The molecule has 0 unspecified atom stereocenters. The van der Waals surface area contributed by atoms with E-state index in [2.05, 4.69) is 15.0 Å². The summed E-state index contributed by atoms with van der Waals surface area (Å²) in [6, 6.07) is 11.7. The summed E-state index contributed by atoms with van der Waals surface area (Å²) in [4.78, 5) is 36.6. The van der Waals surface area contributed by atoms with Crippen LogP contribution in [0.2, 0.25) is 0 Å². The number of nitrogens with one attached hydrogen (secondary N) is 1. The van der Waals surface area contributed by atoms with Crippen molar-refractivity contribution in [2.75, 3.05) is 12.3 Å². The van der Waals surface area contributed by atoms with Crippen LogP contribution >= 0.6 is 0 Å². The molecule has 0 bridgehead atoms. The molecule has 0 atom stereocenters. The van der Waals surface area contributed by atoms with Gasteiger partial charge in [0.2, 0.25) is 0 Å². The summed E-state index contributed by atoms with van der Waals surface area (Å²) in [6.07, 6.45) is 0. The number of aromatic nitrogens is 4. The highest BCUT2D eigenvalue weighted by atomic mass is 16.5. The Morgan fingerprint density at radius 3 is 2.58 bits per heavy atom. The zero-order valence-corrected chi connectivity index (χ0v) is 13.9. The summed E-state index contributed by atoms with van der Waals surface area (Å²) in [5.41, 5.74) is 6.78. The lowest BCUT2D eigenvalue weighted by Gasteiger charge is -2.08. The predicted molar refractivity (Wildman–Crippen MR) is 98.8 cm³/mol. The number of fused-ring (bicyclic) bond motifs is 2. The zero-order chi connectivity index (χ0) is 18.3. The molecule has 26 heavy (non-hydrogen) atoms. The van der Waals surface area contributed by atoms with Gasteiger partial charge in [0, 0.05) is 5.69 Å². The van der Waals surface area contributed by atoms with Crippen LogP contribution in [-0.2, 0) is 0 Å². The Hall–Kier alpha value is -3.68. The topological polar surface area (TPSA) is 116 Å². The second kappa shape index (κ2) is 5.99. The van der Waals surface area contributed by atoms with Gasteiger partial charge in [0.1, 0.15) is 5.75 Å². The summed E-state index contributed by atoms with van der Waals surface area (Å²) in [5, 5.41) is 0. The molecule has 0 amide bonds. The number of aromatic amines is 1. The van der Waals surface area contributed by atoms with Crippen LogP contribution in [0.1, 0.15) is 6.92 Å². The first-order valence-electron chi connectivity index (χ1n) is 8.02. The van der Waals surface area contributed by atoms with E-state index in [1.54, 1.807) is 42.5 Å². The van der Waals surface area contributed by atoms with E-state index < -0.39 is 11.2 Å². The molecule has 8 nitrogen and oxygen atoms in total. The van der Waals surface area contributed by atoms with Crippen LogP contribution in [0, 0.1) is 0 Å². The monoisotopic (exact) mass is 349 g/mol. The van der Waals surface area contributed by atoms with Crippen LogP contribution in [0.5, 0.6) is 5.75 Å². The Morgan fingerprint density at radius 1 is 1.08 bits per heavy atom. The van der Waals surface area contributed by atoms with Gasteiger partial charge < -0.3 is 10.5 Å². The number of nitrogen functional groups attached to an aromatic ring is 1. The Balaban J connectivity index is 1.95. The van der Waals surface area contributed by atoms with Crippen LogP contribution in [0.3, 0.4) is 0 Å². The molecule has 2 heterocycles. The summed E-state index contributed by atoms with van der Waals surface area (Å²) >= 11 is 0. The molecule has 2 aromatic heterocycles. The zero-order valence-electron chi connectivity index (χ0n) is 13.9. The van der Waals surface area contributed by atoms with E-state index in [1.165, 1.54) is 0 Å². The van der Waals surface area contributed by atoms with Crippen LogP contribution < -0.4 is 21.7 Å². The third-order valence-electron chi connectivity index (χ3n) is 3.93. The van der Waals surface area contributed by atoms with Gasteiger partial charge in [0.15, 0.2) is 11.2 Å². The number of nitrogens with two attached hydrogens (primary N) is 1. The second-order valence-corrected chi connectivity index (χ2v) is 5.67. The van der Waals surface area contributed by atoms with E-state index in [9.17, 15) is 9.59 Å². The van der Waals surface area contributed by atoms with Gasteiger partial charge in [-0.3, -0.25) is 9.78 Å². The van der Waals surface area contributed by atoms with Gasteiger partial charge in [-0.1, -0.05) is 0 Å². The van der Waals surface area contributed by atoms with Gasteiger partial charge in [0.25, 0.3) is 5.56 Å². The van der Waals surface area contributed by atoms with Crippen molar-refractivity contribution in [3.8, 4) is 11.4 Å². The normalized spacial score (nSPS) is 11.1. The van der Waals surface area contributed by atoms with Crippen LogP contribution in [-0.4, -0.2) is 26.1 Å². The first kappa shape index (κ1) is 15.8. The number of hydrogen-bond donors (Lipinski definition) is 2. The van der Waals surface area contributed by atoms with Crippen molar-refractivity contribution in [3.05, 3.63) is 63.3 Å². The summed E-state index contributed by atoms with van der Waals surface area (Å²) in [5.74, 6) is 0.657. The van der Waals surface area contributed by atoms with Crippen molar-refractivity contribution in [2.45, 2.75) is 6.92 Å². The maximum absolute atomic E-state index is 12.9. The average molecular weight is 349 g/mol. The summed E-state index contributed by atoms with van der Waals surface area (Å²) < 4.78 is 6.40. The fourth-order valence-corrected chi connectivity index (χ4v) is 2.76. The van der Waals surface area contributed by atoms with Crippen molar-refractivity contribution in [1.82, 2.24) is 19.5 Å². The van der Waals surface area contributed by atoms with Crippen molar-refractivity contribution in [3.63, 3.8) is 0 Å². The molecule has 0 fully saturated rings. The number of nitrogens with zero attached hydrogens (tertiary/aromatic N) is 3. The quantitative estimate of drug-likeness (QED) is 0.429. The maximum Gasteiger partial charge on any atom is 0.334 e. The third kappa shape index (κ3) is 2.57. The predicted octanol–water partition coefficient (Wildman–Crippen LogP) is 1.60. The first-order valence-corrected chi connectivity index (χ1v) is 8.02. The molecule has 2 aromatic carbocycles. The second-order valence-electron chi connectivity index (χ2n) is 5.67. The molecule has 0 spiro atoms. The van der Waals surface area contributed by atoms with Crippen LogP contribution in [0.25, 0.3) is 27.9 Å². The molecule has 4 aromatic rings. The molecule has 0 aliphatic carbocycles. The molecule has 0 aliphatic heterocycles. The molecule has 0 aliphatic rings. The molecular weight excluding hydrogens is 334 g/mol. The summed E-state index contributed by atoms with van der Waals surface area (Å²) in [6.45, 7) is 2.41. The smallest absolute Gasteiger partial charge is 0.334 e. The molecule has 3 N–H and O–H groups in total. The molecule has 0 saturated heterocycles. The van der Waals surface area contributed by atoms with E-state index in [0.717, 1.165) is 4.57 Å². The molecule has 130 valence electrons. The number of rotatable bonds is 3. The van der Waals surface area contributed by atoms with E-state index >= 15 is 0 Å². The van der Waals surface area contributed by atoms with Gasteiger partial charge in [-0.05, 0) is 49.4 Å². The van der Waals surface area contributed by atoms with Crippen molar-refractivity contribution in [2.24, 2.45) is 0 Å². The molecule has 8 heteroatoms. The Morgan fingerprint density at radius 2 is 1.85 bits per heavy atom. The third-order valence-corrected chi connectivity index (χ3v) is 3.93. The summed E-state index contributed by atoms with van der Waals surface area (Å²) in [7, 11) is 0. The fourth-order valence-electron chi connectivity index (χ4n) is 2.76. The highest BCUT2D eigenvalue weighted by Crippen LogP contribution is 2.16. The Bertz CT molecular complexity index is 1240. The molecule has 0 radical (unpaired) electrons. The molecule has 0 saturated carbocycles. The minimum Gasteiger partial charge on any atom is -0.494 e. The van der Waals surface area contributed by atoms with Crippen molar-refractivity contribution < 1.29 is 4.74 Å². The maximum atomic E-state index is 12.9. The SMILES string of the molecule is CCOc1ccc(-n2c(=O)[nH]c3nc4cc(N)ccc4nc3c2=O)cc1. The van der Waals surface area contributed by atoms with Gasteiger partial charge >= 0.3 is 5.69 Å². The van der Waals surface area contributed by atoms with E-state index in [0.29, 0.717) is 34.8 Å². The number of H-pyrrole nitrogens is 1. The highest BCUT2D eigenvalue weighted by Gasteiger charge is 2.13. The lowest BCUT2D eigenvalue weighted by molar-refractivity contribution is 0.340. The lowest BCUT2D eigenvalue weighted by Crippen LogP contribution is -2.34. The first-order chi connectivity index (χ1) is 12.6. The minimum absolute atomic E-state index is 0.0794. The highest BCUT2D eigenvalue weighted by molar-refractivity contribution is 5.85. The van der Waals surface area contributed by atoms with Gasteiger partial charge in [-0.2, -0.15) is 0 Å². The van der Waals surface area contributed by atoms with Crippen molar-refractivity contribution in [1.29, 1.82) is 0 Å². The largest absolute Gasteiger partial charge is 0.494 e. The van der Waals surface area contributed by atoms with E-state index in [4.69, 9.17) is 10.5 Å². The Labute approximate surface area is 146 Å². The Kier molecular flexibility index (Phi) is 3.65. The molecule has 4 rings (SSSR count). The van der Waals surface area contributed by atoms with E-state index in [1.807, 2.05) is 6.92 Å². The van der Waals surface area contributed by atoms with Crippen LogP contribution in [0.15, 0.2) is 52.1 Å². The van der Waals surface area contributed by atoms with Gasteiger partial charge in [-0.15, -0.1) is 0 Å². The average Bonchev–Trinajstić information content (AvgIpc) is 2.62. The molecular formula is C18H15N5O3. The number of benzene rings is 2. The minimum atomic E-state index is -0.593.